The van der Waals surface area contributed by atoms with Crippen LogP contribution >= 0.6 is 11.6 Å². The zero-order valence-electron chi connectivity index (χ0n) is 10.3. The quantitative estimate of drug-likeness (QED) is 0.868. The Hall–Kier alpha value is -1.27. The zero-order chi connectivity index (χ0) is 14.6. The van der Waals surface area contributed by atoms with Gasteiger partial charge in [-0.2, -0.15) is 13.2 Å². The summed E-state index contributed by atoms with van der Waals surface area (Å²) in [6, 6.07) is 2.28. The minimum absolute atomic E-state index is 0.116. The normalized spacial score (nSPS) is 13.2. The van der Waals surface area contributed by atoms with Gasteiger partial charge < -0.3 is 10.5 Å². The molecule has 0 fully saturated rings. The van der Waals surface area contributed by atoms with Crippen LogP contribution in [0.4, 0.5) is 13.2 Å². The molecule has 1 aromatic carbocycles. The van der Waals surface area contributed by atoms with Crippen molar-refractivity contribution < 1.29 is 28.4 Å². The smallest absolute Gasteiger partial charge is 0.416 e. The van der Waals surface area contributed by atoms with Gasteiger partial charge in [-0.15, -0.1) is 0 Å². The van der Waals surface area contributed by atoms with Crippen LogP contribution in [0.2, 0.25) is 5.02 Å². The molecule has 0 saturated heterocycles. The van der Waals surface area contributed by atoms with Crippen molar-refractivity contribution in [3.63, 3.8) is 0 Å². The van der Waals surface area contributed by atoms with Gasteiger partial charge in [0.05, 0.1) is 12.2 Å². The summed E-state index contributed by atoms with van der Waals surface area (Å²) in [5, 5.41) is 0.150. The van der Waals surface area contributed by atoms with Gasteiger partial charge in [-0.1, -0.05) is 11.6 Å². The Morgan fingerprint density at radius 3 is 2.63 bits per heavy atom. The molecule has 106 valence electrons. The van der Waals surface area contributed by atoms with Crippen LogP contribution in [-0.4, -0.2) is 12.6 Å². The molecule has 0 radical (unpaired) electrons. The number of hydrogen-bond acceptors (Lipinski definition) is 2. The van der Waals surface area contributed by atoms with E-state index in [0.29, 0.717) is 0 Å². The summed E-state index contributed by atoms with van der Waals surface area (Å²) < 4.78 is 42.5. The lowest BCUT2D eigenvalue weighted by Crippen LogP contribution is -2.54. The minimum atomic E-state index is -4.46. The number of halogens is 4. The SMILES string of the molecule is CCOC(=O)C[C@@H]([NH3+])c1cc(C(F)(F)F)ccc1Cl. The van der Waals surface area contributed by atoms with Crippen LogP contribution in [0.25, 0.3) is 0 Å². The molecular weight excluding hydrogens is 283 g/mol. The van der Waals surface area contributed by atoms with Crippen molar-refractivity contribution in [2.45, 2.75) is 25.6 Å². The van der Waals surface area contributed by atoms with Gasteiger partial charge in [-0.25, -0.2) is 0 Å². The van der Waals surface area contributed by atoms with Crippen LogP contribution in [-0.2, 0) is 15.7 Å². The van der Waals surface area contributed by atoms with E-state index in [1.165, 1.54) is 0 Å². The van der Waals surface area contributed by atoms with E-state index < -0.39 is 23.8 Å². The molecule has 3 nitrogen and oxygen atoms in total. The zero-order valence-corrected chi connectivity index (χ0v) is 11.0. The molecule has 0 unspecified atom stereocenters. The summed E-state index contributed by atoms with van der Waals surface area (Å²) in [6.07, 6.45) is -4.57. The standard InChI is InChI=1S/C12H13ClF3NO2/c1-2-19-11(18)6-10(17)8-5-7(12(14,15)16)3-4-9(8)13/h3-5,10H,2,6,17H2,1H3/p+1/t10-/m1/s1. The van der Waals surface area contributed by atoms with Crippen molar-refractivity contribution in [2.75, 3.05) is 6.61 Å². The predicted molar refractivity (Wildman–Crippen MR) is 63.3 cm³/mol. The van der Waals surface area contributed by atoms with Crippen molar-refractivity contribution >= 4 is 17.6 Å². The van der Waals surface area contributed by atoms with Gasteiger partial charge in [0, 0.05) is 10.6 Å². The van der Waals surface area contributed by atoms with E-state index in [-0.39, 0.29) is 23.6 Å². The second-order valence-electron chi connectivity index (χ2n) is 3.94. The van der Waals surface area contributed by atoms with Crippen LogP contribution in [0.1, 0.15) is 30.5 Å². The first kappa shape index (κ1) is 15.8. The summed E-state index contributed by atoms with van der Waals surface area (Å²) in [4.78, 5) is 11.3. The minimum Gasteiger partial charge on any atom is -0.466 e. The fraction of sp³-hybridized carbons (Fsp3) is 0.417. The molecule has 19 heavy (non-hydrogen) atoms. The number of esters is 1. The lowest BCUT2D eigenvalue weighted by atomic mass is 10.0. The molecule has 0 spiro atoms. The van der Waals surface area contributed by atoms with Crippen LogP contribution in [0.5, 0.6) is 0 Å². The summed E-state index contributed by atoms with van der Waals surface area (Å²) in [5.74, 6) is -0.518. The van der Waals surface area contributed by atoms with Gasteiger partial charge in [0.15, 0.2) is 0 Å². The molecule has 0 aliphatic heterocycles. The largest absolute Gasteiger partial charge is 0.466 e. The second-order valence-corrected chi connectivity index (χ2v) is 4.35. The average Bonchev–Trinajstić information content (AvgIpc) is 2.27. The summed E-state index contributed by atoms with van der Waals surface area (Å²) in [5.41, 5.74) is 3.03. The van der Waals surface area contributed by atoms with Crippen molar-refractivity contribution in [2.24, 2.45) is 0 Å². The first-order chi connectivity index (χ1) is 8.75. The summed E-state index contributed by atoms with van der Waals surface area (Å²) in [7, 11) is 0. The van der Waals surface area contributed by atoms with Crippen molar-refractivity contribution in [3.8, 4) is 0 Å². The highest BCUT2D eigenvalue weighted by atomic mass is 35.5. The molecule has 1 rings (SSSR count). The Kier molecular flexibility index (Phi) is 5.20. The Labute approximate surface area is 113 Å². The molecule has 1 aromatic rings. The van der Waals surface area contributed by atoms with E-state index in [9.17, 15) is 18.0 Å². The molecule has 0 amide bonds. The molecule has 0 heterocycles. The van der Waals surface area contributed by atoms with Crippen molar-refractivity contribution in [3.05, 3.63) is 34.3 Å². The molecule has 7 heteroatoms. The number of benzene rings is 1. The third-order valence-corrected chi connectivity index (χ3v) is 2.83. The van der Waals surface area contributed by atoms with Gasteiger partial charge in [0.25, 0.3) is 0 Å². The number of ether oxygens (including phenoxy) is 1. The second kappa shape index (κ2) is 6.25. The molecule has 3 N–H and O–H groups in total. The Morgan fingerprint density at radius 2 is 2.11 bits per heavy atom. The lowest BCUT2D eigenvalue weighted by molar-refractivity contribution is -0.425. The Bertz CT molecular complexity index is 463. The first-order valence-corrected chi connectivity index (χ1v) is 5.98. The van der Waals surface area contributed by atoms with Gasteiger partial charge in [0.1, 0.15) is 12.5 Å². The summed E-state index contributed by atoms with van der Waals surface area (Å²) in [6.45, 7) is 1.86. The topological polar surface area (TPSA) is 53.9 Å². The number of alkyl halides is 3. The Balaban J connectivity index is 2.96. The van der Waals surface area contributed by atoms with Gasteiger partial charge in [-0.05, 0) is 25.1 Å². The third-order valence-electron chi connectivity index (χ3n) is 2.48. The molecule has 0 aromatic heterocycles. The van der Waals surface area contributed by atoms with Gasteiger partial charge in [0.2, 0.25) is 0 Å². The molecule has 0 saturated carbocycles. The third kappa shape index (κ3) is 4.40. The van der Waals surface area contributed by atoms with Crippen molar-refractivity contribution in [1.82, 2.24) is 0 Å². The maximum absolute atomic E-state index is 12.6. The van der Waals surface area contributed by atoms with E-state index >= 15 is 0 Å². The Morgan fingerprint density at radius 1 is 1.47 bits per heavy atom. The van der Waals surface area contributed by atoms with Crippen LogP contribution < -0.4 is 5.73 Å². The summed E-state index contributed by atoms with van der Waals surface area (Å²) >= 11 is 5.84. The van der Waals surface area contributed by atoms with E-state index in [0.717, 1.165) is 18.2 Å². The molecule has 1 atom stereocenters. The van der Waals surface area contributed by atoms with E-state index in [1.807, 2.05) is 0 Å². The lowest BCUT2D eigenvalue weighted by Gasteiger charge is -2.13. The number of carbonyl (C=O) groups is 1. The highest BCUT2D eigenvalue weighted by molar-refractivity contribution is 6.31. The molecular formula is C12H14ClF3NO2+. The highest BCUT2D eigenvalue weighted by Gasteiger charge is 2.32. The predicted octanol–water partition coefficient (Wildman–Crippen LogP) is 2.60. The monoisotopic (exact) mass is 296 g/mol. The van der Waals surface area contributed by atoms with Gasteiger partial charge >= 0.3 is 12.1 Å². The van der Waals surface area contributed by atoms with E-state index in [2.05, 4.69) is 5.73 Å². The average molecular weight is 297 g/mol. The number of carbonyl (C=O) groups excluding carboxylic acids is 1. The number of hydrogen-bond donors (Lipinski definition) is 1. The van der Waals surface area contributed by atoms with Crippen LogP contribution in [0, 0.1) is 0 Å². The van der Waals surface area contributed by atoms with E-state index in [1.54, 1.807) is 6.92 Å². The van der Waals surface area contributed by atoms with Gasteiger partial charge in [-0.3, -0.25) is 4.79 Å². The highest BCUT2D eigenvalue weighted by Crippen LogP contribution is 2.33. The van der Waals surface area contributed by atoms with Crippen LogP contribution in [0.3, 0.4) is 0 Å². The fourth-order valence-electron chi connectivity index (χ4n) is 1.56. The fourth-order valence-corrected chi connectivity index (χ4v) is 1.84. The van der Waals surface area contributed by atoms with Crippen LogP contribution in [0.15, 0.2) is 18.2 Å². The number of rotatable bonds is 4. The molecule has 0 aliphatic carbocycles. The molecule has 0 aliphatic rings. The maximum atomic E-state index is 12.6. The molecule has 0 bridgehead atoms. The number of quaternary nitrogens is 1. The van der Waals surface area contributed by atoms with E-state index in [4.69, 9.17) is 16.3 Å². The maximum Gasteiger partial charge on any atom is 0.416 e. The first-order valence-electron chi connectivity index (χ1n) is 5.61. The van der Waals surface area contributed by atoms with Crippen molar-refractivity contribution in [1.29, 1.82) is 0 Å².